The van der Waals surface area contributed by atoms with Crippen molar-refractivity contribution in [1.29, 1.82) is 0 Å². The predicted molar refractivity (Wildman–Crippen MR) is 113 cm³/mol. The van der Waals surface area contributed by atoms with Crippen LogP contribution in [0.25, 0.3) is 0 Å². The molecule has 0 aliphatic carbocycles. The van der Waals surface area contributed by atoms with Gasteiger partial charge in [-0.25, -0.2) is 4.79 Å². The van der Waals surface area contributed by atoms with Crippen molar-refractivity contribution in [3.8, 4) is 11.5 Å². The minimum absolute atomic E-state index is 0.0257. The van der Waals surface area contributed by atoms with E-state index in [-0.39, 0.29) is 27.8 Å². The number of benzene rings is 3. The van der Waals surface area contributed by atoms with Crippen LogP contribution in [-0.2, 0) is 6.18 Å². The first-order chi connectivity index (χ1) is 15.5. The Kier molecular flexibility index (Phi) is 6.83. The number of ether oxygens (including phenoxy) is 1. The van der Waals surface area contributed by atoms with E-state index in [0.29, 0.717) is 0 Å². The highest BCUT2D eigenvalue weighted by Gasteiger charge is 2.30. The summed E-state index contributed by atoms with van der Waals surface area (Å²) >= 11 is 6.11. The number of hydrogen-bond donors (Lipinski definition) is 2. The number of alkyl halides is 3. The summed E-state index contributed by atoms with van der Waals surface area (Å²) in [4.78, 5) is 34.6. The number of anilines is 1. The number of carbonyl (C=O) groups is 2. The fourth-order valence-electron chi connectivity index (χ4n) is 2.66. The number of urea groups is 1. The number of nitrogens with one attached hydrogen (secondary N) is 2. The van der Waals surface area contributed by atoms with Gasteiger partial charge in [0.25, 0.3) is 11.6 Å². The lowest BCUT2D eigenvalue weighted by Gasteiger charge is -2.12. The maximum absolute atomic E-state index is 12.6. The van der Waals surface area contributed by atoms with Crippen molar-refractivity contribution in [2.24, 2.45) is 0 Å². The van der Waals surface area contributed by atoms with Crippen LogP contribution in [0.15, 0.2) is 66.7 Å². The molecule has 0 heterocycles. The van der Waals surface area contributed by atoms with Crippen LogP contribution < -0.4 is 15.4 Å². The summed E-state index contributed by atoms with van der Waals surface area (Å²) in [6, 6.07) is 12.2. The number of nitrogens with zero attached hydrogens (tertiary/aromatic N) is 1. The highest BCUT2D eigenvalue weighted by molar-refractivity contribution is 6.32. The van der Waals surface area contributed by atoms with Gasteiger partial charge < -0.3 is 10.1 Å². The third-order valence-electron chi connectivity index (χ3n) is 4.17. The quantitative estimate of drug-likeness (QED) is 0.343. The Labute approximate surface area is 189 Å². The Bertz CT molecular complexity index is 1220. The first kappa shape index (κ1) is 23.5. The average molecular weight is 480 g/mol. The Morgan fingerprint density at radius 1 is 1.00 bits per heavy atom. The molecule has 0 fully saturated rings. The van der Waals surface area contributed by atoms with Crippen LogP contribution in [-0.4, -0.2) is 16.9 Å². The lowest BCUT2D eigenvalue weighted by molar-refractivity contribution is -0.385. The number of para-hydroxylation sites is 1. The fourth-order valence-corrected chi connectivity index (χ4v) is 2.88. The van der Waals surface area contributed by atoms with Gasteiger partial charge in [0.1, 0.15) is 17.1 Å². The zero-order valence-electron chi connectivity index (χ0n) is 16.4. The number of imide groups is 1. The summed E-state index contributed by atoms with van der Waals surface area (Å²) in [6.45, 7) is 0. The van der Waals surface area contributed by atoms with E-state index in [1.165, 1.54) is 36.4 Å². The molecule has 0 aromatic heterocycles. The second kappa shape index (κ2) is 9.57. The third kappa shape index (κ3) is 5.98. The van der Waals surface area contributed by atoms with Gasteiger partial charge in [-0.05, 0) is 48.5 Å². The number of carbonyl (C=O) groups excluding carboxylic acids is 2. The van der Waals surface area contributed by atoms with Gasteiger partial charge >= 0.3 is 12.2 Å². The average Bonchev–Trinajstić information content (AvgIpc) is 2.75. The summed E-state index contributed by atoms with van der Waals surface area (Å²) in [5.41, 5.74) is -1.43. The molecule has 33 heavy (non-hydrogen) atoms. The molecule has 2 N–H and O–H groups in total. The van der Waals surface area contributed by atoms with Crippen LogP contribution in [0.4, 0.5) is 29.3 Å². The summed E-state index contributed by atoms with van der Waals surface area (Å²) < 4.78 is 43.4. The molecule has 12 heteroatoms. The smallest absolute Gasteiger partial charge is 0.416 e. The molecule has 0 bridgehead atoms. The van der Waals surface area contributed by atoms with Gasteiger partial charge in [-0.2, -0.15) is 13.2 Å². The van der Waals surface area contributed by atoms with E-state index in [9.17, 15) is 32.9 Å². The van der Waals surface area contributed by atoms with Gasteiger partial charge in [0.15, 0.2) is 0 Å². The molecule has 0 radical (unpaired) electrons. The largest absolute Gasteiger partial charge is 0.456 e. The van der Waals surface area contributed by atoms with Gasteiger partial charge in [-0.3, -0.25) is 20.2 Å². The summed E-state index contributed by atoms with van der Waals surface area (Å²) in [5.74, 6) is -0.759. The third-order valence-corrected chi connectivity index (χ3v) is 4.47. The molecule has 0 aliphatic rings. The van der Waals surface area contributed by atoms with Gasteiger partial charge in [0, 0.05) is 11.8 Å². The lowest BCUT2D eigenvalue weighted by atomic mass is 10.1. The van der Waals surface area contributed by atoms with E-state index in [0.717, 1.165) is 30.3 Å². The van der Waals surface area contributed by atoms with Crippen molar-refractivity contribution >= 4 is 34.9 Å². The van der Waals surface area contributed by atoms with Gasteiger partial charge in [0.05, 0.1) is 15.5 Å². The first-order valence-corrected chi connectivity index (χ1v) is 9.43. The molecular weight excluding hydrogens is 467 g/mol. The van der Waals surface area contributed by atoms with E-state index in [1.54, 1.807) is 0 Å². The van der Waals surface area contributed by atoms with E-state index >= 15 is 0 Å². The fraction of sp³-hybridized carbons (Fsp3) is 0.0476. The lowest BCUT2D eigenvalue weighted by Crippen LogP contribution is -2.34. The summed E-state index contributed by atoms with van der Waals surface area (Å²) in [7, 11) is 0. The Morgan fingerprint density at radius 3 is 2.27 bits per heavy atom. The number of rotatable bonds is 5. The molecule has 0 saturated heterocycles. The first-order valence-electron chi connectivity index (χ1n) is 9.05. The molecule has 0 spiro atoms. The minimum atomic E-state index is -4.48. The van der Waals surface area contributed by atoms with Crippen LogP contribution in [0.2, 0.25) is 5.02 Å². The maximum Gasteiger partial charge on any atom is 0.416 e. The van der Waals surface area contributed by atoms with Crippen molar-refractivity contribution < 1.29 is 32.4 Å². The van der Waals surface area contributed by atoms with Crippen LogP contribution in [0.1, 0.15) is 15.9 Å². The molecular formula is C21H13ClF3N3O5. The van der Waals surface area contributed by atoms with E-state index < -0.39 is 34.3 Å². The van der Waals surface area contributed by atoms with Gasteiger partial charge in [-0.15, -0.1) is 0 Å². The zero-order valence-corrected chi connectivity index (χ0v) is 17.1. The van der Waals surface area contributed by atoms with Crippen molar-refractivity contribution in [2.75, 3.05) is 5.32 Å². The number of nitro groups is 1. The minimum Gasteiger partial charge on any atom is -0.456 e. The normalized spacial score (nSPS) is 10.9. The molecule has 170 valence electrons. The van der Waals surface area contributed by atoms with Crippen molar-refractivity contribution in [3.63, 3.8) is 0 Å². The van der Waals surface area contributed by atoms with E-state index in [4.69, 9.17) is 16.3 Å². The Balaban J connectivity index is 1.65. The SMILES string of the molecule is O=C(NC(=O)c1ccccc1[N+](=O)[O-])Nc1ccc(Oc2ccc(C(F)(F)F)cc2)c(Cl)c1. The predicted octanol–water partition coefficient (Wildman–Crippen LogP) is 6.02. The summed E-state index contributed by atoms with van der Waals surface area (Å²) in [5, 5.41) is 15.4. The molecule has 3 rings (SSSR count). The van der Waals surface area contributed by atoms with Crippen LogP contribution in [0, 0.1) is 10.1 Å². The van der Waals surface area contributed by atoms with Gasteiger partial charge in [-0.1, -0.05) is 23.7 Å². The molecule has 0 aliphatic heterocycles. The molecule has 3 aromatic rings. The highest BCUT2D eigenvalue weighted by Crippen LogP contribution is 2.34. The van der Waals surface area contributed by atoms with Crippen molar-refractivity contribution in [1.82, 2.24) is 5.32 Å². The number of hydrogen-bond acceptors (Lipinski definition) is 5. The van der Waals surface area contributed by atoms with Crippen molar-refractivity contribution in [2.45, 2.75) is 6.18 Å². The molecule has 0 saturated carbocycles. The molecule has 3 aromatic carbocycles. The molecule has 3 amide bonds. The van der Waals surface area contributed by atoms with Crippen molar-refractivity contribution in [3.05, 3.63) is 93.0 Å². The van der Waals surface area contributed by atoms with Crippen LogP contribution in [0.3, 0.4) is 0 Å². The number of amides is 3. The topological polar surface area (TPSA) is 111 Å². The number of halogens is 4. The zero-order chi connectivity index (χ0) is 24.2. The van der Waals surface area contributed by atoms with Crippen LogP contribution in [0.5, 0.6) is 11.5 Å². The highest BCUT2D eigenvalue weighted by atomic mass is 35.5. The molecule has 0 unspecified atom stereocenters. The maximum atomic E-state index is 12.6. The van der Waals surface area contributed by atoms with E-state index in [2.05, 4.69) is 5.32 Å². The molecule has 8 nitrogen and oxygen atoms in total. The Hall–Kier alpha value is -4.12. The monoisotopic (exact) mass is 479 g/mol. The standard InChI is InChI=1S/C21H13ClF3N3O5/c22-16-11-13(7-10-18(16)33-14-8-5-12(6-9-14)21(23,24)25)26-20(30)27-19(29)15-3-1-2-4-17(15)28(31)32/h1-11H,(H2,26,27,29,30). The molecule has 0 atom stereocenters. The number of nitro benzene ring substituents is 1. The second-order valence-corrected chi connectivity index (χ2v) is 6.86. The second-order valence-electron chi connectivity index (χ2n) is 6.45. The Morgan fingerprint density at radius 2 is 1.67 bits per heavy atom. The van der Waals surface area contributed by atoms with Crippen LogP contribution >= 0.6 is 11.6 Å². The van der Waals surface area contributed by atoms with E-state index in [1.807, 2.05) is 5.32 Å². The van der Waals surface area contributed by atoms with Gasteiger partial charge in [0.2, 0.25) is 0 Å². The summed E-state index contributed by atoms with van der Waals surface area (Å²) in [6.07, 6.45) is -4.48.